The Hall–Kier alpha value is -1.16. The van der Waals surface area contributed by atoms with E-state index in [0.717, 1.165) is 11.3 Å². The van der Waals surface area contributed by atoms with E-state index < -0.39 is 0 Å². The summed E-state index contributed by atoms with van der Waals surface area (Å²) in [6, 6.07) is 2.53. The molecule has 0 radical (unpaired) electrons. The van der Waals surface area contributed by atoms with E-state index in [1.807, 2.05) is 6.07 Å². The van der Waals surface area contributed by atoms with Crippen molar-refractivity contribution in [1.29, 1.82) is 0 Å². The molecule has 2 N–H and O–H groups in total. The molecule has 1 saturated carbocycles. The van der Waals surface area contributed by atoms with Crippen molar-refractivity contribution < 1.29 is 0 Å². The van der Waals surface area contributed by atoms with Gasteiger partial charge in [-0.1, -0.05) is 13.8 Å². The summed E-state index contributed by atoms with van der Waals surface area (Å²) in [6.07, 6.45) is 2.47. The maximum atomic E-state index is 11.5. The Morgan fingerprint density at radius 3 is 2.93 bits per heavy atom. The molecule has 2 rings (SSSR count). The van der Waals surface area contributed by atoms with Crippen LogP contribution in [0.4, 0.5) is 0 Å². The lowest BCUT2D eigenvalue weighted by atomic mass is 10.1. The Morgan fingerprint density at radius 1 is 1.60 bits per heavy atom. The molecule has 1 aliphatic carbocycles. The first-order valence-corrected chi connectivity index (χ1v) is 5.48. The summed E-state index contributed by atoms with van der Waals surface area (Å²) in [6.45, 7) is 4.79. The number of hydrogen-bond acceptors (Lipinski definition) is 3. The van der Waals surface area contributed by atoms with Crippen molar-refractivity contribution in [2.45, 2.75) is 45.2 Å². The van der Waals surface area contributed by atoms with Crippen molar-refractivity contribution in [2.75, 3.05) is 0 Å². The molecule has 0 amide bonds. The summed E-state index contributed by atoms with van der Waals surface area (Å²) in [7, 11) is 0. The lowest BCUT2D eigenvalue weighted by molar-refractivity contribution is 0.670. The monoisotopic (exact) mass is 207 g/mol. The molecule has 0 bridgehead atoms. The van der Waals surface area contributed by atoms with Gasteiger partial charge in [-0.25, -0.2) is 5.10 Å². The third-order valence-corrected chi connectivity index (χ3v) is 2.65. The molecule has 4 heteroatoms. The van der Waals surface area contributed by atoms with Crippen LogP contribution in [0.25, 0.3) is 0 Å². The van der Waals surface area contributed by atoms with Gasteiger partial charge < -0.3 is 5.32 Å². The van der Waals surface area contributed by atoms with Gasteiger partial charge in [-0.15, -0.1) is 0 Å². The molecule has 4 nitrogen and oxygen atoms in total. The maximum absolute atomic E-state index is 11.5. The van der Waals surface area contributed by atoms with E-state index in [1.54, 1.807) is 0 Å². The second-order valence-electron chi connectivity index (χ2n) is 4.46. The largest absolute Gasteiger partial charge is 0.310 e. The van der Waals surface area contributed by atoms with Crippen molar-refractivity contribution in [1.82, 2.24) is 15.5 Å². The quantitative estimate of drug-likeness (QED) is 0.778. The molecule has 0 unspecified atom stereocenters. The fourth-order valence-electron chi connectivity index (χ4n) is 1.43. The molecule has 0 spiro atoms. The van der Waals surface area contributed by atoms with Gasteiger partial charge in [0.15, 0.2) is 0 Å². The fraction of sp³-hybridized carbons (Fsp3) is 0.636. The maximum Gasteiger partial charge on any atom is 0.268 e. The molecule has 0 atom stereocenters. The average Bonchev–Trinajstić information content (AvgIpc) is 3.00. The van der Waals surface area contributed by atoms with Crippen LogP contribution in [0.3, 0.4) is 0 Å². The van der Waals surface area contributed by atoms with Crippen LogP contribution in [-0.2, 0) is 6.54 Å². The van der Waals surface area contributed by atoms with Crippen molar-refractivity contribution in [3.8, 4) is 0 Å². The minimum atomic E-state index is -0.0763. The van der Waals surface area contributed by atoms with Gasteiger partial charge >= 0.3 is 0 Å². The van der Waals surface area contributed by atoms with Crippen LogP contribution >= 0.6 is 0 Å². The minimum absolute atomic E-state index is 0.0763. The first-order chi connectivity index (χ1) is 7.16. The Bertz CT molecular complexity index is 393. The lowest BCUT2D eigenvalue weighted by Gasteiger charge is -2.06. The summed E-state index contributed by atoms with van der Waals surface area (Å²) in [4.78, 5) is 11.5. The highest BCUT2D eigenvalue weighted by Crippen LogP contribution is 2.19. The minimum Gasteiger partial charge on any atom is -0.310 e. The molecule has 1 aliphatic rings. The molecular formula is C11H17N3O. The van der Waals surface area contributed by atoms with E-state index in [4.69, 9.17) is 0 Å². The molecule has 1 heterocycles. The summed E-state index contributed by atoms with van der Waals surface area (Å²) in [5.41, 5.74) is 1.66. The lowest BCUT2D eigenvalue weighted by Crippen LogP contribution is -2.24. The summed E-state index contributed by atoms with van der Waals surface area (Å²) in [5, 5.41) is 9.90. The van der Waals surface area contributed by atoms with Gasteiger partial charge in [0.2, 0.25) is 0 Å². The van der Waals surface area contributed by atoms with Gasteiger partial charge in [0.25, 0.3) is 5.56 Å². The fourth-order valence-corrected chi connectivity index (χ4v) is 1.43. The molecule has 15 heavy (non-hydrogen) atoms. The predicted octanol–water partition coefficient (Wildman–Crippen LogP) is 1.15. The second kappa shape index (κ2) is 4.14. The van der Waals surface area contributed by atoms with Crippen LogP contribution in [0.15, 0.2) is 10.9 Å². The van der Waals surface area contributed by atoms with Crippen LogP contribution in [0.5, 0.6) is 0 Å². The zero-order chi connectivity index (χ0) is 10.8. The number of rotatable bonds is 4. The Balaban J connectivity index is 2.12. The van der Waals surface area contributed by atoms with Crippen LogP contribution < -0.4 is 10.9 Å². The molecular weight excluding hydrogens is 190 g/mol. The summed E-state index contributed by atoms with van der Waals surface area (Å²) in [5.74, 6) is 0.349. The molecule has 0 aromatic carbocycles. The first-order valence-electron chi connectivity index (χ1n) is 5.48. The molecule has 0 aliphatic heterocycles. The molecule has 1 fully saturated rings. The van der Waals surface area contributed by atoms with Crippen LogP contribution in [0, 0.1) is 0 Å². The molecule has 1 aromatic rings. The van der Waals surface area contributed by atoms with Gasteiger partial charge in [0.1, 0.15) is 0 Å². The first kappa shape index (κ1) is 10.4. The highest BCUT2D eigenvalue weighted by molar-refractivity contribution is 5.15. The Kier molecular flexibility index (Phi) is 2.86. The molecule has 82 valence electrons. The Morgan fingerprint density at radius 2 is 2.33 bits per heavy atom. The van der Waals surface area contributed by atoms with E-state index in [0.29, 0.717) is 18.5 Å². The highest BCUT2D eigenvalue weighted by Gasteiger charge is 2.20. The van der Waals surface area contributed by atoms with E-state index in [2.05, 4.69) is 29.4 Å². The van der Waals surface area contributed by atoms with Gasteiger partial charge in [0, 0.05) is 18.2 Å². The van der Waals surface area contributed by atoms with Crippen LogP contribution in [0.2, 0.25) is 0 Å². The summed E-state index contributed by atoms with van der Waals surface area (Å²) < 4.78 is 0. The van der Waals surface area contributed by atoms with Gasteiger partial charge in [-0.05, 0) is 24.8 Å². The van der Waals surface area contributed by atoms with Crippen molar-refractivity contribution in [3.05, 3.63) is 27.7 Å². The SMILES string of the molecule is CC(C)c1cc(CNC2CC2)c(=O)[nH]n1. The molecule has 0 saturated heterocycles. The van der Waals surface area contributed by atoms with Gasteiger partial charge in [0.05, 0.1) is 5.69 Å². The normalized spacial score (nSPS) is 15.9. The van der Waals surface area contributed by atoms with Crippen molar-refractivity contribution in [3.63, 3.8) is 0 Å². The van der Waals surface area contributed by atoms with Crippen LogP contribution in [0.1, 0.15) is 43.9 Å². The standard InChI is InChI=1S/C11H17N3O/c1-7(2)10-5-8(11(15)14-13-10)6-12-9-3-4-9/h5,7,9,12H,3-4,6H2,1-2H3,(H,14,15). The number of aromatic nitrogens is 2. The number of nitrogens with one attached hydrogen (secondary N) is 2. The number of H-pyrrole nitrogens is 1. The predicted molar refractivity (Wildman–Crippen MR) is 58.8 cm³/mol. The smallest absolute Gasteiger partial charge is 0.268 e. The molecule has 1 aromatic heterocycles. The zero-order valence-electron chi connectivity index (χ0n) is 9.21. The summed E-state index contributed by atoms with van der Waals surface area (Å²) >= 11 is 0. The third kappa shape index (κ3) is 2.65. The van der Waals surface area contributed by atoms with E-state index in [1.165, 1.54) is 12.8 Å². The number of nitrogens with zero attached hydrogens (tertiary/aromatic N) is 1. The second-order valence-corrected chi connectivity index (χ2v) is 4.46. The van der Waals surface area contributed by atoms with Crippen LogP contribution in [-0.4, -0.2) is 16.2 Å². The number of aromatic amines is 1. The average molecular weight is 207 g/mol. The van der Waals surface area contributed by atoms with E-state index in [-0.39, 0.29) is 5.56 Å². The van der Waals surface area contributed by atoms with E-state index in [9.17, 15) is 4.79 Å². The van der Waals surface area contributed by atoms with E-state index >= 15 is 0 Å². The Labute approximate surface area is 89.1 Å². The topological polar surface area (TPSA) is 57.8 Å². The highest BCUT2D eigenvalue weighted by atomic mass is 16.1. The number of hydrogen-bond donors (Lipinski definition) is 2. The van der Waals surface area contributed by atoms with Crippen molar-refractivity contribution >= 4 is 0 Å². The van der Waals surface area contributed by atoms with Gasteiger partial charge in [-0.2, -0.15) is 5.10 Å². The van der Waals surface area contributed by atoms with Crippen molar-refractivity contribution in [2.24, 2.45) is 0 Å². The zero-order valence-corrected chi connectivity index (χ0v) is 9.21. The van der Waals surface area contributed by atoms with Gasteiger partial charge in [-0.3, -0.25) is 4.79 Å². The third-order valence-electron chi connectivity index (χ3n) is 2.65.